The van der Waals surface area contributed by atoms with Crippen molar-refractivity contribution in [1.82, 2.24) is 14.9 Å². The van der Waals surface area contributed by atoms with Crippen LogP contribution in [0.3, 0.4) is 0 Å². The number of hydrogen-bond donors (Lipinski definition) is 2. The van der Waals surface area contributed by atoms with Crippen LogP contribution in [-0.2, 0) is 10.0 Å². The van der Waals surface area contributed by atoms with E-state index in [-0.39, 0.29) is 0 Å². The van der Waals surface area contributed by atoms with Crippen molar-refractivity contribution in [2.75, 3.05) is 13.3 Å². The molecule has 122 valence electrons. The molecular formula is C14H28N4O2S. The fourth-order valence-corrected chi connectivity index (χ4v) is 3.70. The molecule has 0 amide bonds. The number of guanidine groups is 1. The molecule has 0 aromatic carbocycles. The molecule has 1 fully saturated rings. The summed E-state index contributed by atoms with van der Waals surface area (Å²) in [5.41, 5.74) is 0. The maximum atomic E-state index is 11.8. The molecule has 0 aromatic rings. The van der Waals surface area contributed by atoms with Gasteiger partial charge in [-0.25, -0.2) is 13.4 Å². The van der Waals surface area contributed by atoms with Gasteiger partial charge in [0.05, 0.1) is 18.6 Å². The lowest BCUT2D eigenvalue weighted by Crippen LogP contribution is -2.55. The molecule has 0 radical (unpaired) electrons. The largest absolute Gasteiger partial charge is 0.343 e. The first kappa shape index (κ1) is 16.5. The highest BCUT2D eigenvalue weighted by Crippen LogP contribution is 2.32. The predicted octanol–water partition coefficient (Wildman–Crippen LogP) is 1.32. The van der Waals surface area contributed by atoms with Crippen molar-refractivity contribution in [2.45, 2.75) is 58.2 Å². The lowest BCUT2D eigenvalue weighted by molar-refractivity contribution is 0.0768. The van der Waals surface area contributed by atoms with Gasteiger partial charge in [-0.2, -0.15) is 0 Å². The van der Waals surface area contributed by atoms with Gasteiger partial charge in [0.2, 0.25) is 16.0 Å². The third-order valence-electron chi connectivity index (χ3n) is 4.85. The summed E-state index contributed by atoms with van der Waals surface area (Å²) in [7, 11) is -3.32. The quantitative estimate of drug-likeness (QED) is 0.823. The van der Waals surface area contributed by atoms with E-state index in [1.165, 1.54) is 19.3 Å². The Kier molecular flexibility index (Phi) is 5.14. The molecule has 3 unspecified atom stereocenters. The van der Waals surface area contributed by atoms with E-state index >= 15 is 0 Å². The molecule has 0 bridgehead atoms. The second kappa shape index (κ2) is 6.52. The molecule has 1 heterocycles. The Labute approximate surface area is 128 Å². The average molecular weight is 316 g/mol. The first-order valence-corrected chi connectivity index (χ1v) is 9.40. The molecular weight excluding hydrogens is 288 g/mol. The number of sulfonamides is 1. The van der Waals surface area contributed by atoms with Gasteiger partial charge in [0.1, 0.15) is 0 Å². The molecule has 6 nitrogen and oxygen atoms in total. The van der Waals surface area contributed by atoms with Gasteiger partial charge in [0.15, 0.2) is 0 Å². The molecule has 0 spiro atoms. The Bertz CT molecular complexity index is 489. The summed E-state index contributed by atoms with van der Waals surface area (Å²) in [6, 6.07) is 0.535. The van der Waals surface area contributed by atoms with Crippen molar-refractivity contribution in [3.8, 4) is 0 Å². The Morgan fingerprint density at radius 1 is 1.33 bits per heavy atom. The normalized spacial score (nSPS) is 31.7. The standard InChI is InChI=1S/C14H28N4O2S/c1-10(2)21(19,20)17-14-15-8-18(9-16-14)13-7-5-6-11(3)12(13)4/h10-13H,5-9H2,1-4H3,(H2,15,16,17). The topological polar surface area (TPSA) is 73.8 Å². The van der Waals surface area contributed by atoms with Crippen LogP contribution in [0.4, 0.5) is 0 Å². The highest BCUT2D eigenvalue weighted by Gasteiger charge is 2.32. The average Bonchev–Trinajstić information content (AvgIpc) is 2.42. The molecule has 3 atom stereocenters. The summed E-state index contributed by atoms with van der Waals surface area (Å²) in [4.78, 5) is 6.67. The van der Waals surface area contributed by atoms with E-state index in [1.54, 1.807) is 13.8 Å². The van der Waals surface area contributed by atoms with Gasteiger partial charge < -0.3 is 5.32 Å². The highest BCUT2D eigenvalue weighted by atomic mass is 32.2. The SMILES string of the molecule is CC1CCCC(N2CN=C(NS(=O)(=O)C(C)C)NC2)C1C. The summed E-state index contributed by atoms with van der Waals surface area (Å²) in [5.74, 6) is 1.77. The lowest BCUT2D eigenvalue weighted by Gasteiger charge is -2.42. The van der Waals surface area contributed by atoms with Crippen LogP contribution in [0, 0.1) is 11.8 Å². The molecule has 7 heteroatoms. The summed E-state index contributed by atoms with van der Waals surface area (Å²) < 4.78 is 26.2. The molecule has 0 aromatic heterocycles. The maximum absolute atomic E-state index is 11.8. The molecule has 1 saturated carbocycles. The van der Waals surface area contributed by atoms with E-state index in [0.717, 1.165) is 5.92 Å². The van der Waals surface area contributed by atoms with Crippen molar-refractivity contribution >= 4 is 16.0 Å². The van der Waals surface area contributed by atoms with E-state index in [2.05, 4.69) is 33.8 Å². The predicted molar refractivity (Wildman–Crippen MR) is 85.3 cm³/mol. The van der Waals surface area contributed by atoms with Crippen molar-refractivity contribution in [3.05, 3.63) is 0 Å². The van der Waals surface area contributed by atoms with Crippen LogP contribution in [0.25, 0.3) is 0 Å². The number of hydrogen-bond acceptors (Lipinski definition) is 5. The summed E-state index contributed by atoms with van der Waals surface area (Å²) in [6.07, 6.45) is 3.78. The monoisotopic (exact) mass is 316 g/mol. The van der Waals surface area contributed by atoms with Gasteiger partial charge in [-0.1, -0.05) is 26.7 Å². The summed E-state index contributed by atoms with van der Waals surface area (Å²) >= 11 is 0. The minimum Gasteiger partial charge on any atom is -0.343 e. The molecule has 21 heavy (non-hydrogen) atoms. The molecule has 1 aliphatic carbocycles. The first-order chi connectivity index (χ1) is 9.81. The Morgan fingerprint density at radius 3 is 2.62 bits per heavy atom. The van der Waals surface area contributed by atoms with Crippen molar-refractivity contribution in [1.29, 1.82) is 0 Å². The minimum absolute atomic E-state index is 0.372. The number of aliphatic imine (C=N–C) groups is 1. The second-order valence-electron chi connectivity index (χ2n) is 6.60. The van der Waals surface area contributed by atoms with Gasteiger partial charge in [-0.3, -0.25) is 9.62 Å². The van der Waals surface area contributed by atoms with Crippen molar-refractivity contribution in [2.24, 2.45) is 16.8 Å². The molecule has 1 aliphatic heterocycles. The van der Waals surface area contributed by atoms with Crippen LogP contribution in [0.1, 0.15) is 47.0 Å². The van der Waals surface area contributed by atoms with Crippen LogP contribution >= 0.6 is 0 Å². The van der Waals surface area contributed by atoms with Gasteiger partial charge in [-0.15, -0.1) is 0 Å². The van der Waals surface area contributed by atoms with E-state index in [4.69, 9.17) is 0 Å². The van der Waals surface area contributed by atoms with Gasteiger partial charge in [0.25, 0.3) is 0 Å². The fraction of sp³-hybridized carbons (Fsp3) is 0.929. The van der Waals surface area contributed by atoms with Crippen LogP contribution < -0.4 is 10.0 Å². The molecule has 2 N–H and O–H groups in total. The van der Waals surface area contributed by atoms with Crippen LogP contribution in [0.15, 0.2) is 4.99 Å². The fourth-order valence-electron chi connectivity index (χ4n) is 3.06. The summed E-state index contributed by atoms with van der Waals surface area (Å²) in [6.45, 7) is 9.16. The lowest BCUT2D eigenvalue weighted by atomic mass is 9.77. The second-order valence-corrected chi connectivity index (χ2v) is 8.84. The van der Waals surface area contributed by atoms with E-state index < -0.39 is 15.3 Å². The van der Waals surface area contributed by atoms with Crippen LogP contribution in [0.2, 0.25) is 0 Å². The van der Waals surface area contributed by atoms with Gasteiger partial charge >= 0.3 is 0 Å². The van der Waals surface area contributed by atoms with Crippen LogP contribution in [0.5, 0.6) is 0 Å². The van der Waals surface area contributed by atoms with Gasteiger partial charge in [0, 0.05) is 6.04 Å². The Hall–Kier alpha value is -0.820. The van der Waals surface area contributed by atoms with E-state index in [1.807, 2.05) is 0 Å². The third kappa shape index (κ3) is 3.88. The zero-order chi connectivity index (χ0) is 15.6. The Balaban J connectivity index is 1.95. The van der Waals surface area contributed by atoms with Gasteiger partial charge in [-0.05, 0) is 32.1 Å². The number of rotatable bonds is 3. The number of nitrogens with zero attached hydrogens (tertiary/aromatic N) is 2. The van der Waals surface area contributed by atoms with Crippen LogP contribution in [-0.4, -0.2) is 43.9 Å². The minimum atomic E-state index is -3.32. The Morgan fingerprint density at radius 2 is 2.05 bits per heavy atom. The molecule has 2 aliphatic rings. The van der Waals surface area contributed by atoms with Crippen molar-refractivity contribution < 1.29 is 8.42 Å². The zero-order valence-electron chi connectivity index (χ0n) is 13.5. The van der Waals surface area contributed by atoms with E-state index in [9.17, 15) is 8.42 Å². The summed E-state index contributed by atoms with van der Waals surface area (Å²) in [5, 5.41) is 2.64. The smallest absolute Gasteiger partial charge is 0.237 e. The molecule has 2 rings (SSSR count). The zero-order valence-corrected chi connectivity index (χ0v) is 14.3. The molecule has 0 saturated heterocycles. The van der Waals surface area contributed by atoms with Crippen molar-refractivity contribution in [3.63, 3.8) is 0 Å². The highest BCUT2D eigenvalue weighted by molar-refractivity contribution is 7.90. The third-order valence-corrected chi connectivity index (χ3v) is 6.57. The maximum Gasteiger partial charge on any atom is 0.237 e. The number of nitrogens with one attached hydrogen (secondary N) is 2. The van der Waals surface area contributed by atoms with E-state index in [0.29, 0.717) is 31.3 Å². The first-order valence-electron chi connectivity index (χ1n) is 7.85.